The number of hydrogen-bond donors (Lipinski definition) is 1. The van der Waals surface area contributed by atoms with Crippen molar-refractivity contribution >= 4 is 33.2 Å². The fourth-order valence-electron chi connectivity index (χ4n) is 1.76. The molecule has 21 heavy (non-hydrogen) atoms. The lowest BCUT2D eigenvalue weighted by molar-refractivity contribution is 0.581. The molecule has 1 N–H and O–H groups in total. The number of aryl methyl sites for hydroxylation is 1. The molecule has 0 radical (unpaired) electrons. The monoisotopic (exact) mass is 347 g/mol. The molecule has 112 valence electrons. The Morgan fingerprint density at radius 3 is 2.52 bits per heavy atom. The zero-order valence-corrected chi connectivity index (χ0v) is 13.4. The van der Waals surface area contributed by atoms with E-state index in [0.717, 1.165) is 0 Å². The predicted octanol–water partition coefficient (Wildman–Crippen LogP) is 3.92. The van der Waals surface area contributed by atoms with E-state index in [1.807, 2.05) is 0 Å². The number of rotatable bonds is 4. The topological polar surface area (TPSA) is 46.2 Å². The zero-order chi connectivity index (χ0) is 15.6. The lowest BCUT2D eigenvalue weighted by Gasteiger charge is -2.09. The van der Waals surface area contributed by atoms with E-state index in [2.05, 4.69) is 4.72 Å². The fraction of sp³-hybridized carbons (Fsp3) is 0.143. The average molecular weight is 348 g/mol. The summed E-state index contributed by atoms with van der Waals surface area (Å²) >= 11 is 11.7. The first-order chi connectivity index (χ1) is 9.79. The molecule has 0 atom stereocenters. The minimum absolute atomic E-state index is 0.0340. The van der Waals surface area contributed by atoms with Gasteiger partial charge in [-0.1, -0.05) is 35.3 Å². The highest BCUT2D eigenvalue weighted by molar-refractivity contribution is 7.89. The van der Waals surface area contributed by atoms with Gasteiger partial charge >= 0.3 is 0 Å². The van der Waals surface area contributed by atoms with Crippen LogP contribution in [-0.2, 0) is 16.6 Å². The van der Waals surface area contributed by atoms with E-state index < -0.39 is 10.0 Å². The molecule has 0 aliphatic rings. The Labute approximate surface area is 132 Å². The third kappa shape index (κ3) is 3.95. The maximum absolute atomic E-state index is 13.2. The molecule has 2 aromatic carbocycles. The summed E-state index contributed by atoms with van der Waals surface area (Å²) in [4.78, 5) is -0.0875. The third-order valence-electron chi connectivity index (χ3n) is 2.87. The molecule has 0 bridgehead atoms. The molecule has 0 aliphatic heterocycles. The molecule has 0 saturated heterocycles. The maximum atomic E-state index is 13.2. The minimum Gasteiger partial charge on any atom is -0.207 e. The Bertz CT molecular complexity index is 779. The lowest BCUT2D eigenvalue weighted by atomic mass is 10.1. The van der Waals surface area contributed by atoms with Crippen LogP contribution in [0.1, 0.15) is 11.1 Å². The van der Waals surface area contributed by atoms with Gasteiger partial charge in [-0.15, -0.1) is 0 Å². The molecule has 7 heteroatoms. The zero-order valence-electron chi connectivity index (χ0n) is 11.0. The van der Waals surface area contributed by atoms with Gasteiger partial charge in [0.15, 0.2) is 0 Å². The smallest absolute Gasteiger partial charge is 0.207 e. The van der Waals surface area contributed by atoms with E-state index in [-0.39, 0.29) is 27.3 Å². The lowest BCUT2D eigenvalue weighted by Crippen LogP contribution is -2.23. The van der Waals surface area contributed by atoms with Gasteiger partial charge in [0.25, 0.3) is 0 Å². The predicted molar refractivity (Wildman–Crippen MR) is 81.6 cm³/mol. The number of halogens is 3. The van der Waals surface area contributed by atoms with Crippen molar-refractivity contribution in [2.75, 3.05) is 0 Å². The van der Waals surface area contributed by atoms with E-state index in [1.165, 1.54) is 30.3 Å². The largest absolute Gasteiger partial charge is 0.242 e. The van der Waals surface area contributed by atoms with E-state index in [1.54, 1.807) is 13.0 Å². The van der Waals surface area contributed by atoms with Gasteiger partial charge in [0, 0.05) is 11.6 Å². The van der Waals surface area contributed by atoms with E-state index in [9.17, 15) is 12.8 Å². The van der Waals surface area contributed by atoms with Crippen LogP contribution in [0, 0.1) is 12.7 Å². The second-order valence-electron chi connectivity index (χ2n) is 4.48. The Morgan fingerprint density at radius 2 is 1.86 bits per heavy atom. The quantitative estimate of drug-likeness (QED) is 0.910. The van der Waals surface area contributed by atoms with Gasteiger partial charge < -0.3 is 0 Å². The van der Waals surface area contributed by atoms with Gasteiger partial charge in [-0.2, -0.15) is 0 Å². The van der Waals surface area contributed by atoms with Crippen molar-refractivity contribution < 1.29 is 12.8 Å². The third-order valence-corrected chi connectivity index (χ3v) is 4.99. The first-order valence-electron chi connectivity index (χ1n) is 5.99. The van der Waals surface area contributed by atoms with Gasteiger partial charge in [-0.05, 0) is 42.3 Å². The molecule has 0 saturated carbocycles. The van der Waals surface area contributed by atoms with Crippen molar-refractivity contribution in [2.24, 2.45) is 0 Å². The number of benzene rings is 2. The highest BCUT2D eigenvalue weighted by Crippen LogP contribution is 2.25. The molecule has 0 heterocycles. The summed E-state index contributed by atoms with van der Waals surface area (Å²) in [6.45, 7) is 1.65. The first kappa shape index (κ1) is 16.2. The molecule has 0 fully saturated rings. The SMILES string of the molecule is Cc1cc(CNS(=O)(=O)c2cc(Cl)ccc2Cl)ccc1F. The maximum Gasteiger partial charge on any atom is 0.242 e. The molecule has 0 aromatic heterocycles. The minimum atomic E-state index is -3.79. The molecule has 0 unspecified atom stereocenters. The molecule has 0 amide bonds. The summed E-state index contributed by atoms with van der Waals surface area (Å²) in [6, 6.07) is 8.60. The average Bonchev–Trinajstić information content (AvgIpc) is 2.43. The fourth-order valence-corrected chi connectivity index (χ4v) is 3.53. The van der Waals surface area contributed by atoms with Crippen LogP contribution in [0.15, 0.2) is 41.3 Å². The van der Waals surface area contributed by atoms with Crippen molar-refractivity contribution in [1.82, 2.24) is 4.72 Å². The molecule has 0 spiro atoms. The van der Waals surface area contributed by atoms with Gasteiger partial charge in [-0.3, -0.25) is 0 Å². The van der Waals surface area contributed by atoms with Crippen LogP contribution in [0.25, 0.3) is 0 Å². The van der Waals surface area contributed by atoms with Crippen molar-refractivity contribution in [3.05, 3.63) is 63.4 Å². The van der Waals surface area contributed by atoms with Crippen LogP contribution in [0.2, 0.25) is 10.0 Å². The summed E-state index contributed by atoms with van der Waals surface area (Å²) in [5.41, 5.74) is 1.10. The summed E-state index contributed by atoms with van der Waals surface area (Å²) in [6.07, 6.45) is 0. The Kier molecular flexibility index (Phi) is 4.88. The molecule has 2 aromatic rings. The highest BCUT2D eigenvalue weighted by atomic mass is 35.5. The molecule has 3 nitrogen and oxygen atoms in total. The van der Waals surface area contributed by atoms with Gasteiger partial charge in [0.2, 0.25) is 10.0 Å². The van der Waals surface area contributed by atoms with E-state index in [4.69, 9.17) is 23.2 Å². The van der Waals surface area contributed by atoms with Crippen LogP contribution in [0.4, 0.5) is 4.39 Å². The Balaban J connectivity index is 2.21. The number of nitrogens with one attached hydrogen (secondary N) is 1. The van der Waals surface area contributed by atoms with Crippen LogP contribution in [-0.4, -0.2) is 8.42 Å². The van der Waals surface area contributed by atoms with E-state index >= 15 is 0 Å². The van der Waals surface area contributed by atoms with Gasteiger partial charge in [0.05, 0.1) is 5.02 Å². The molecule has 0 aliphatic carbocycles. The van der Waals surface area contributed by atoms with Crippen LogP contribution in [0.3, 0.4) is 0 Å². The van der Waals surface area contributed by atoms with Crippen LogP contribution < -0.4 is 4.72 Å². The first-order valence-corrected chi connectivity index (χ1v) is 8.23. The summed E-state index contributed by atoms with van der Waals surface area (Å²) in [5, 5.41) is 0.361. The second kappa shape index (κ2) is 6.32. The van der Waals surface area contributed by atoms with Gasteiger partial charge in [-0.25, -0.2) is 17.5 Å². The van der Waals surface area contributed by atoms with Crippen molar-refractivity contribution in [3.8, 4) is 0 Å². The van der Waals surface area contributed by atoms with Crippen molar-refractivity contribution in [1.29, 1.82) is 0 Å². The Morgan fingerprint density at radius 1 is 1.14 bits per heavy atom. The molecular formula is C14H12Cl2FNO2S. The summed E-state index contributed by atoms with van der Waals surface area (Å²) in [7, 11) is -3.79. The molecular weight excluding hydrogens is 336 g/mol. The van der Waals surface area contributed by atoms with E-state index in [0.29, 0.717) is 11.1 Å². The normalized spacial score (nSPS) is 11.6. The van der Waals surface area contributed by atoms with Crippen molar-refractivity contribution in [2.45, 2.75) is 18.4 Å². The number of sulfonamides is 1. The number of hydrogen-bond acceptors (Lipinski definition) is 2. The second-order valence-corrected chi connectivity index (χ2v) is 7.06. The molecule has 2 rings (SSSR count). The van der Waals surface area contributed by atoms with Crippen LogP contribution >= 0.6 is 23.2 Å². The highest BCUT2D eigenvalue weighted by Gasteiger charge is 2.18. The Hall–Kier alpha value is -1.14. The van der Waals surface area contributed by atoms with Crippen molar-refractivity contribution in [3.63, 3.8) is 0 Å². The standard InChI is InChI=1S/C14H12Cl2FNO2S/c1-9-6-10(2-5-13(9)17)8-18-21(19,20)14-7-11(15)3-4-12(14)16/h2-7,18H,8H2,1H3. The summed E-state index contributed by atoms with van der Waals surface area (Å²) in [5.74, 6) is -0.334. The van der Waals surface area contributed by atoms with Gasteiger partial charge in [0.1, 0.15) is 10.7 Å². The summed E-state index contributed by atoms with van der Waals surface area (Å²) < 4.78 is 40.0. The van der Waals surface area contributed by atoms with Crippen LogP contribution in [0.5, 0.6) is 0 Å².